The maximum Gasteiger partial charge on any atom is 0.306 e. The van der Waals surface area contributed by atoms with Gasteiger partial charge in [0.25, 0.3) is 0 Å². The van der Waals surface area contributed by atoms with E-state index in [9.17, 15) is 14.4 Å². The lowest BCUT2D eigenvalue weighted by Gasteiger charge is -2.18. The van der Waals surface area contributed by atoms with Gasteiger partial charge in [0.1, 0.15) is 13.2 Å². The minimum absolute atomic E-state index is 0.0980. The molecule has 0 fully saturated rings. The number of unbranched alkanes of at least 4 members (excludes halogenated alkanes) is 20. The van der Waals surface area contributed by atoms with E-state index in [1.165, 1.54) is 64.2 Å². The van der Waals surface area contributed by atoms with Gasteiger partial charge < -0.3 is 14.2 Å². The largest absolute Gasteiger partial charge is 0.462 e. The van der Waals surface area contributed by atoms with Crippen molar-refractivity contribution in [3.8, 4) is 0 Å². The monoisotopic (exact) mass is 1060 g/mol. The number of hydrogen-bond donors (Lipinski definition) is 0. The number of rotatable bonds is 55. The Bertz CT molecular complexity index is 1700. The topological polar surface area (TPSA) is 78.9 Å². The van der Waals surface area contributed by atoms with Crippen molar-refractivity contribution in [2.75, 3.05) is 13.2 Å². The fourth-order valence-corrected chi connectivity index (χ4v) is 8.24. The van der Waals surface area contributed by atoms with Gasteiger partial charge >= 0.3 is 17.9 Å². The highest BCUT2D eigenvalue weighted by molar-refractivity contribution is 5.71. The molecule has 434 valence electrons. The van der Waals surface area contributed by atoms with E-state index in [1.807, 2.05) is 0 Å². The molecule has 1 unspecified atom stereocenters. The lowest BCUT2D eigenvalue weighted by Crippen LogP contribution is -2.30. The summed E-state index contributed by atoms with van der Waals surface area (Å²) in [5, 5.41) is 0. The quantitative estimate of drug-likeness (QED) is 0.0261. The lowest BCUT2D eigenvalue weighted by atomic mass is 10.1. The average Bonchev–Trinajstić information content (AvgIpc) is 3.43. The molecule has 0 bridgehead atoms. The van der Waals surface area contributed by atoms with Gasteiger partial charge in [0, 0.05) is 19.3 Å². The molecule has 6 heteroatoms. The molecule has 1 atom stereocenters. The summed E-state index contributed by atoms with van der Waals surface area (Å²) in [5.74, 6) is -0.932. The zero-order chi connectivity index (χ0) is 55.7. The van der Waals surface area contributed by atoms with E-state index in [4.69, 9.17) is 14.2 Å². The van der Waals surface area contributed by atoms with Crippen LogP contribution in [-0.2, 0) is 28.6 Å². The van der Waals surface area contributed by atoms with Crippen molar-refractivity contribution in [3.63, 3.8) is 0 Å². The third kappa shape index (κ3) is 62.0. The van der Waals surface area contributed by atoms with Crippen LogP contribution in [-0.4, -0.2) is 37.2 Å². The first-order valence-corrected chi connectivity index (χ1v) is 31.3. The van der Waals surface area contributed by atoms with Crippen molar-refractivity contribution in [1.82, 2.24) is 0 Å². The van der Waals surface area contributed by atoms with Crippen molar-refractivity contribution in [3.05, 3.63) is 146 Å². The zero-order valence-electron chi connectivity index (χ0n) is 49.7. The van der Waals surface area contributed by atoms with Gasteiger partial charge in [0.15, 0.2) is 6.10 Å². The maximum atomic E-state index is 12.9. The van der Waals surface area contributed by atoms with Gasteiger partial charge in [-0.2, -0.15) is 0 Å². The number of carbonyl (C=O) groups is 3. The Kier molecular flexibility index (Phi) is 59.9. The third-order valence-corrected chi connectivity index (χ3v) is 12.8. The second-order valence-corrected chi connectivity index (χ2v) is 20.2. The molecular weight excluding hydrogens is 949 g/mol. The van der Waals surface area contributed by atoms with E-state index in [1.54, 1.807) is 0 Å². The Morgan fingerprint density at radius 3 is 0.727 bits per heavy atom. The first-order valence-electron chi connectivity index (χ1n) is 31.3. The van der Waals surface area contributed by atoms with E-state index >= 15 is 0 Å². The van der Waals surface area contributed by atoms with Crippen molar-refractivity contribution in [2.45, 2.75) is 271 Å². The van der Waals surface area contributed by atoms with Crippen LogP contribution in [0.25, 0.3) is 0 Å². The lowest BCUT2D eigenvalue weighted by molar-refractivity contribution is -0.167. The summed E-state index contributed by atoms with van der Waals surface area (Å²) in [7, 11) is 0. The zero-order valence-corrected chi connectivity index (χ0v) is 49.7. The molecule has 0 saturated carbocycles. The van der Waals surface area contributed by atoms with Gasteiger partial charge in [-0.3, -0.25) is 14.4 Å². The number of allylic oxidation sites excluding steroid dienone is 24. The van der Waals surface area contributed by atoms with Crippen LogP contribution in [0.5, 0.6) is 0 Å². The Hall–Kier alpha value is -4.71. The van der Waals surface area contributed by atoms with E-state index < -0.39 is 6.10 Å². The average molecular weight is 1060 g/mol. The summed E-state index contributed by atoms with van der Waals surface area (Å²) in [5.41, 5.74) is 0. The molecule has 0 N–H and O–H groups in total. The second kappa shape index (κ2) is 63.8. The van der Waals surface area contributed by atoms with E-state index in [0.29, 0.717) is 19.3 Å². The molecule has 0 aliphatic carbocycles. The smallest absolute Gasteiger partial charge is 0.306 e. The predicted molar refractivity (Wildman–Crippen MR) is 334 cm³/mol. The van der Waals surface area contributed by atoms with E-state index in [2.05, 4.69) is 167 Å². The predicted octanol–water partition coefficient (Wildman–Crippen LogP) is 21.5. The van der Waals surface area contributed by atoms with Crippen LogP contribution >= 0.6 is 0 Å². The molecule has 0 aromatic heterocycles. The summed E-state index contributed by atoms with van der Waals surface area (Å²) in [6.07, 6.45) is 91.2. The van der Waals surface area contributed by atoms with Gasteiger partial charge in [-0.1, -0.05) is 256 Å². The van der Waals surface area contributed by atoms with Gasteiger partial charge in [-0.25, -0.2) is 0 Å². The summed E-state index contributed by atoms with van der Waals surface area (Å²) >= 11 is 0. The number of hydrogen-bond acceptors (Lipinski definition) is 6. The minimum atomic E-state index is -0.803. The van der Waals surface area contributed by atoms with Crippen LogP contribution in [0.1, 0.15) is 265 Å². The van der Waals surface area contributed by atoms with Gasteiger partial charge in [0.2, 0.25) is 0 Å². The molecule has 77 heavy (non-hydrogen) atoms. The van der Waals surface area contributed by atoms with Crippen molar-refractivity contribution in [2.24, 2.45) is 0 Å². The van der Waals surface area contributed by atoms with Crippen LogP contribution in [0.15, 0.2) is 146 Å². The molecule has 0 aliphatic heterocycles. The van der Waals surface area contributed by atoms with Crippen LogP contribution < -0.4 is 0 Å². The van der Waals surface area contributed by atoms with Crippen LogP contribution in [0, 0.1) is 0 Å². The molecule has 0 aromatic rings. The first-order chi connectivity index (χ1) is 38.0. The molecule has 0 rings (SSSR count). The van der Waals surface area contributed by atoms with Crippen LogP contribution in [0.3, 0.4) is 0 Å². The number of carbonyl (C=O) groups excluding carboxylic acids is 3. The normalized spacial score (nSPS) is 13.1. The summed E-state index contributed by atoms with van der Waals surface area (Å²) in [6.45, 7) is 6.28. The van der Waals surface area contributed by atoms with Gasteiger partial charge in [-0.05, 0) is 135 Å². The standard InChI is InChI=1S/C71H114O6/c1-4-7-10-13-16-19-22-25-28-31-33-34-35-36-38-40-43-46-49-52-55-58-61-64-70(73)76-67-68(66-75-69(72)63-60-57-54-51-48-45-42-39-30-27-24-21-18-15-12-9-6-3)77-71(74)65-62-59-56-53-50-47-44-41-37-32-29-26-23-20-17-14-11-8-5-2/h7-12,16-21,25-30,33-34,36-38,41,68H,4-6,13-15,22-24,31-32,35,39-40,42-67H2,1-3H3/b10-7-,11-8-,12-9-,19-16-,20-17-,21-18-,28-25-,29-26-,30-27-,34-33-,38-36-,41-37-. The summed E-state index contributed by atoms with van der Waals surface area (Å²) in [4.78, 5) is 38.4. The first kappa shape index (κ1) is 72.3. The van der Waals surface area contributed by atoms with Gasteiger partial charge in [-0.15, -0.1) is 0 Å². The van der Waals surface area contributed by atoms with E-state index in [0.717, 1.165) is 161 Å². The molecule has 0 amide bonds. The van der Waals surface area contributed by atoms with Crippen LogP contribution in [0.4, 0.5) is 0 Å². The molecule has 0 saturated heterocycles. The second-order valence-electron chi connectivity index (χ2n) is 20.2. The summed E-state index contributed by atoms with van der Waals surface area (Å²) in [6, 6.07) is 0. The molecule has 0 heterocycles. The highest BCUT2D eigenvalue weighted by Gasteiger charge is 2.19. The fraction of sp³-hybridized carbons (Fsp3) is 0.620. The highest BCUT2D eigenvalue weighted by Crippen LogP contribution is 2.15. The molecule has 0 radical (unpaired) electrons. The molecule has 6 nitrogen and oxygen atoms in total. The molecule has 0 aliphatic rings. The van der Waals surface area contributed by atoms with Gasteiger partial charge in [0.05, 0.1) is 0 Å². The summed E-state index contributed by atoms with van der Waals surface area (Å²) < 4.78 is 16.9. The number of ether oxygens (including phenoxy) is 3. The number of esters is 3. The molecular formula is C71H114O6. The molecule has 0 aromatic carbocycles. The van der Waals surface area contributed by atoms with Crippen LogP contribution in [0.2, 0.25) is 0 Å². The SMILES string of the molecule is CC/C=C\C/C=C\C/C=C\C/C=C\C/C=C\CCCCCCCCCC(=O)OCC(COC(=O)CCCCCCCCC/C=C\C/C=C\C/C=C\CC)OC(=O)CCCCCCCC/C=C\C/C=C\C/C=C\C/C=C\CC. The maximum absolute atomic E-state index is 12.9. The minimum Gasteiger partial charge on any atom is -0.462 e. The molecule has 0 spiro atoms. The van der Waals surface area contributed by atoms with E-state index in [-0.39, 0.29) is 31.1 Å². The Balaban J connectivity index is 4.47. The van der Waals surface area contributed by atoms with Crippen molar-refractivity contribution < 1.29 is 28.6 Å². The Labute approximate surface area is 474 Å². The Morgan fingerprint density at radius 2 is 0.468 bits per heavy atom. The van der Waals surface area contributed by atoms with Crippen molar-refractivity contribution >= 4 is 17.9 Å². The highest BCUT2D eigenvalue weighted by atomic mass is 16.6. The fourth-order valence-electron chi connectivity index (χ4n) is 8.24. The van der Waals surface area contributed by atoms with Crippen molar-refractivity contribution in [1.29, 1.82) is 0 Å². The Morgan fingerprint density at radius 1 is 0.260 bits per heavy atom. The third-order valence-electron chi connectivity index (χ3n) is 12.8.